The third-order valence-electron chi connectivity index (χ3n) is 5.03. The van der Waals surface area contributed by atoms with Gasteiger partial charge in [-0.3, -0.25) is 9.69 Å². The number of fused-ring (bicyclic) bond motifs is 1. The highest BCUT2D eigenvalue weighted by Gasteiger charge is 2.31. The van der Waals surface area contributed by atoms with Crippen molar-refractivity contribution in [2.45, 2.75) is 20.4 Å². The Balaban J connectivity index is 1.84. The van der Waals surface area contributed by atoms with Gasteiger partial charge in [0.05, 0.1) is 4.91 Å². The van der Waals surface area contributed by atoms with Gasteiger partial charge in [-0.05, 0) is 37.6 Å². The molecule has 4 rings (SSSR count). The maximum absolute atomic E-state index is 12.7. The normalized spacial score (nSPS) is 16.0. The number of aromatic nitrogens is 1. The van der Waals surface area contributed by atoms with Crippen LogP contribution in [0.25, 0.3) is 17.0 Å². The molecule has 1 aliphatic heterocycles. The zero-order valence-electron chi connectivity index (χ0n) is 15.6. The molecule has 0 saturated carbocycles. The smallest absolute Gasteiger partial charge is 0.266 e. The van der Waals surface area contributed by atoms with Crippen LogP contribution in [0.3, 0.4) is 0 Å². The molecular weight excluding hydrogens is 408 g/mol. The number of carbonyl (C=O) groups excluding carboxylic acids is 1. The first kappa shape index (κ1) is 19.2. The highest BCUT2D eigenvalue weighted by molar-refractivity contribution is 8.26. The minimum atomic E-state index is -0.0140. The van der Waals surface area contributed by atoms with E-state index in [2.05, 4.69) is 23.6 Å². The van der Waals surface area contributed by atoms with Gasteiger partial charge in [-0.25, -0.2) is 0 Å². The maximum Gasteiger partial charge on any atom is 0.266 e. The Morgan fingerprint density at radius 2 is 1.86 bits per heavy atom. The van der Waals surface area contributed by atoms with Gasteiger partial charge in [0, 0.05) is 40.3 Å². The van der Waals surface area contributed by atoms with Crippen molar-refractivity contribution < 1.29 is 4.79 Å². The van der Waals surface area contributed by atoms with Crippen molar-refractivity contribution in [1.29, 1.82) is 0 Å². The Hall–Kier alpha value is -2.08. The van der Waals surface area contributed by atoms with E-state index in [1.54, 1.807) is 4.90 Å². The van der Waals surface area contributed by atoms with Crippen LogP contribution >= 0.6 is 35.6 Å². The molecule has 0 atom stereocenters. The summed E-state index contributed by atoms with van der Waals surface area (Å²) < 4.78 is 2.87. The molecule has 2 aromatic carbocycles. The number of amides is 1. The van der Waals surface area contributed by atoms with Crippen LogP contribution < -0.4 is 0 Å². The van der Waals surface area contributed by atoms with Crippen LogP contribution in [0.4, 0.5) is 0 Å². The van der Waals surface area contributed by atoms with Crippen LogP contribution in [0.15, 0.2) is 53.4 Å². The molecule has 1 amide bonds. The number of thiocarbonyl (C=S) groups is 1. The Labute approximate surface area is 179 Å². The highest BCUT2D eigenvalue weighted by atomic mass is 35.5. The minimum absolute atomic E-state index is 0.0140. The Kier molecular flexibility index (Phi) is 5.32. The van der Waals surface area contributed by atoms with Crippen molar-refractivity contribution in [3.63, 3.8) is 0 Å². The van der Waals surface area contributed by atoms with Gasteiger partial charge in [0.25, 0.3) is 5.91 Å². The van der Waals surface area contributed by atoms with Crippen molar-refractivity contribution in [2.24, 2.45) is 0 Å². The van der Waals surface area contributed by atoms with Crippen LogP contribution in [0.1, 0.15) is 23.7 Å². The summed E-state index contributed by atoms with van der Waals surface area (Å²) in [4.78, 5) is 15.0. The second-order valence-electron chi connectivity index (χ2n) is 6.62. The number of hydrogen-bond donors (Lipinski definition) is 0. The lowest BCUT2D eigenvalue weighted by atomic mass is 10.1. The van der Waals surface area contributed by atoms with Crippen LogP contribution in [0.5, 0.6) is 0 Å². The molecule has 1 aliphatic rings. The van der Waals surface area contributed by atoms with E-state index in [0.717, 1.165) is 32.7 Å². The van der Waals surface area contributed by atoms with Gasteiger partial charge in [-0.2, -0.15) is 0 Å². The van der Waals surface area contributed by atoms with Crippen molar-refractivity contribution in [3.8, 4) is 0 Å². The summed E-state index contributed by atoms with van der Waals surface area (Å²) in [6.07, 6.45) is 1.98. The lowest BCUT2D eigenvalue weighted by Crippen LogP contribution is -2.27. The SMILES string of the molecule is CCN1C(=O)/C(=C/c2c(C)n(Cc3ccccc3Cl)c3ccccc23)SC1=S. The van der Waals surface area contributed by atoms with E-state index in [1.165, 1.54) is 11.8 Å². The molecule has 28 heavy (non-hydrogen) atoms. The van der Waals surface area contributed by atoms with Gasteiger partial charge in [0.15, 0.2) is 0 Å². The molecular formula is C22H19ClN2OS2. The largest absolute Gasteiger partial charge is 0.340 e. The Morgan fingerprint density at radius 3 is 2.57 bits per heavy atom. The van der Waals surface area contributed by atoms with Crippen LogP contribution in [0, 0.1) is 6.92 Å². The number of halogens is 1. The summed E-state index contributed by atoms with van der Waals surface area (Å²) in [6, 6.07) is 16.2. The molecule has 0 bridgehead atoms. The van der Waals surface area contributed by atoms with E-state index in [-0.39, 0.29) is 5.91 Å². The van der Waals surface area contributed by atoms with Crippen LogP contribution in [-0.2, 0) is 11.3 Å². The van der Waals surface area contributed by atoms with E-state index in [1.807, 2.05) is 49.4 Å². The van der Waals surface area contributed by atoms with Gasteiger partial charge < -0.3 is 4.57 Å². The second-order valence-corrected chi connectivity index (χ2v) is 8.70. The first-order chi connectivity index (χ1) is 13.5. The van der Waals surface area contributed by atoms with Crippen LogP contribution in [-0.4, -0.2) is 26.2 Å². The average molecular weight is 427 g/mol. The number of likely N-dealkylation sites (N-methyl/N-ethyl adjacent to an activating group) is 1. The molecule has 1 aromatic heterocycles. The number of para-hydroxylation sites is 1. The van der Waals surface area contributed by atoms with Gasteiger partial charge in [-0.1, -0.05) is 72.0 Å². The summed E-state index contributed by atoms with van der Waals surface area (Å²) in [7, 11) is 0. The summed E-state index contributed by atoms with van der Waals surface area (Å²) in [5.41, 5.74) is 4.34. The summed E-state index contributed by atoms with van der Waals surface area (Å²) in [5.74, 6) is -0.0140. The maximum atomic E-state index is 12.7. The Bertz CT molecular complexity index is 1130. The predicted molar refractivity (Wildman–Crippen MR) is 123 cm³/mol. The van der Waals surface area contributed by atoms with Crippen molar-refractivity contribution in [2.75, 3.05) is 6.54 Å². The highest BCUT2D eigenvalue weighted by Crippen LogP contribution is 2.36. The van der Waals surface area contributed by atoms with Gasteiger partial charge in [0.1, 0.15) is 4.32 Å². The fourth-order valence-corrected chi connectivity index (χ4v) is 5.11. The molecule has 1 fully saturated rings. The quantitative estimate of drug-likeness (QED) is 0.385. The van der Waals surface area contributed by atoms with E-state index in [0.29, 0.717) is 22.3 Å². The van der Waals surface area contributed by atoms with Crippen molar-refractivity contribution >= 4 is 62.8 Å². The second kappa shape index (κ2) is 7.74. The molecule has 0 radical (unpaired) electrons. The number of carbonyl (C=O) groups is 1. The zero-order valence-corrected chi connectivity index (χ0v) is 18.0. The van der Waals surface area contributed by atoms with E-state index >= 15 is 0 Å². The van der Waals surface area contributed by atoms with E-state index < -0.39 is 0 Å². The molecule has 3 nitrogen and oxygen atoms in total. The molecule has 1 saturated heterocycles. The third-order valence-corrected chi connectivity index (χ3v) is 6.78. The standard InChI is InChI=1S/C22H19ClN2OS2/c1-3-24-21(26)20(28-22(24)27)12-17-14(2)25(19-11-7-5-9-16(17)19)13-15-8-4-6-10-18(15)23/h4-12H,3,13H2,1-2H3/b20-12-. The summed E-state index contributed by atoms with van der Waals surface area (Å²) >= 11 is 13.1. The topological polar surface area (TPSA) is 25.2 Å². The first-order valence-electron chi connectivity index (χ1n) is 9.08. The third kappa shape index (κ3) is 3.28. The predicted octanol–water partition coefficient (Wildman–Crippen LogP) is 5.87. The van der Waals surface area contributed by atoms with Gasteiger partial charge in [0.2, 0.25) is 0 Å². The van der Waals surface area contributed by atoms with Gasteiger partial charge >= 0.3 is 0 Å². The molecule has 6 heteroatoms. The molecule has 3 aromatic rings. The van der Waals surface area contributed by atoms with Gasteiger partial charge in [-0.15, -0.1) is 0 Å². The lowest BCUT2D eigenvalue weighted by molar-refractivity contribution is -0.121. The van der Waals surface area contributed by atoms with E-state index in [4.69, 9.17) is 23.8 Å². The average Bonchev–Trinajstić information content (AvgIpc) is 3.11. The fraction of sp³-hybridized carbons (Fsp3) is 0.182. The molecule has 2 heterocycles. The number of benzene rings is 2. The minimum Gasteiger partial charge on any atom is -0.340 e. The molecule has 0 N–H and O–H groups in total. The summed E-state index contributed by atoms with van der Waals surface area (Å²) in [6.45, 7) is 5.29. The molecule has 0 aliphatic carbocycles. The zero-order chi connectivity index (χ0) is 19.8. The Morgan fingerprint density at radius 1 is 1.14 bits per heavy atom. The molecule has 142 valence electrons. The van der Waals surface area contributed by atoms with Crippen molar-refractivity contribution in [1.82, 2.24) is 9.47 Å². The fourth-order valence-electron chi connectivity index (χ4n) is 3.54. The number of thioether (sulfide) groups is 1. The number of rotatable bonds is 4. The molecule has 0 unspecified atom stereocenters. The first-order valence-corrected chi connectivity index (χ1v) is 10.7. The molecule has 0 spiro atoms. The number of hydrogen-bond acceptors (Lipinski definition) is 3. The number of nitrogens with zero attached hydrogens (tertiary/aromatic N) is 2. The monoisotopic (exact) mass is 426 g/mol. The lowest BCUT2D eigenvalue weighted by Gasteiger charge is -2.10. The van der Waals surface area contributed by atoms with E-state index in [9.17, 15) is 4.79 Å². The van der Waals surface area contributed by atoms with Crippen molar-refractivity contribution in [3.05, 3.63) is 75.3 Å². The summed E-state index contributed by atoms with van der Waals surface area (Å²) in [5, 5.41) is 1.87. The van der Waals surface area contributed by atoms with Crippen LogP contribution in [0.2, 0.25) is 5.02 Å².